The van der Waals surface area contributed by atoms with E-state index in [-0.39, 0.29) is 34.2 Å². The van der Waals surface area contributed by atoms with Crippen LogP contribution in [0.1, 0.15) is 57.3 Å². The Hall–Kier alpha value is -4.39. The number of rotatable bonds is 6. The van der Waals surface area contributed by atoms with Crippen molar-refractivity contribution < 1.29 is 19.1 Å². The van der Waals surface area contributed by atoms with Gasteiger partial charge in [-0.1, -0.05) is 65.7 Å². The highest BCUT2D eigenvalue weighted by molar-refractivity contribution is 6.37. The first-order valence-corrected chi connectivity index (χ1v) is 15.2. The molecule has 1 N–H and O–H groups in total. The van der Waals surface area contributed by atoms with Gasteiger partial charge in [-0.25, -0.2) is 0 Å². The third-order valence-electron chi connectivity index (χ3n) is 8.83. The summed E-state index contributed by atoms with van der Waals surface area (Å²) in [4.78, 5) is 46.1. The van der Waals surface area contributed by atoms with E-state index in [0.717, 1.165) is 11.1 Å². The molecule has 0 bridgehead atoms. The summed E-state index contributed by atoms with van der Waals surface area (Å²) in [5, 5.41) is 3.63. The number of anilines is 1. The molecule has 8 heteroatoms. The molecule has 1 amide bonds. The highest BCUT2D eigenvalue weighted by atomic mass is 35.5. The van der Waals surface area contributed by atoms with Crippen LogP contribution in [0, 0.1) is 5.92 Å². The van der Waals surface area contributed by atoms with Gasteiger partial charge >= 0.3 is 0 Å². The number of carbonyl (C=O) groups is 3. The number of nitrogens with one attached hydrogen (secondary N) is 1. The van der Waals surface area contributed by atoms with E-state index in [1.54, 1.807) is 36.4 Å². The molecule has 1 fully saturated rings. The highest BCUT2D eigenvalue weighted by Crippen LogP contribution is 2.62. The number of hydrogen-bond acceptors (Lipinski definition) is 5. The molecule has 0 radical (unpaired) electrons. The number of nitrogens with zero attached hydrogens (tertiary/aromatic N) is 1. The average Bonchev–Trinajstić information content (AvgIpc) is 3.49. The van der Waals surface area contributed by atoms with Gasteiger partial charge in [0.25, 0.3) is 0 Å². The fourth-order valence-corrected chi connectivity index (χ4v) is 7.67. The molecule has 4 atom stereocenters. The van der Waals surface area contributed by atoms with E-state index in [4.69, 9.17) is 27.9 Å². The lowest BCUT2D eigenvalue weighted by Gasteiger charge is -2.38. The standard InChI is InChI=1S/C36H28Cl2N2O4/c1-20(2)44-24-14-11-22(12-15-24)32(41)30-31(33(42)26-16-13-23(37)19-28(26)38)40-18-17-21-7-3-4-8-25(21)34(40)36(30)27-9-5-6-10-29(27)39-35(36)43/h3-20,30-31,34H,1-2H3,(H,39,43)/t30-,31+,34-,36-/m1/s1. The first kappa shape index (κ1) is 28.4. The van der Waals surface area contributed by atoms with Crippen molar-refractivity contribution in [3.05, 3.63) is 135 Å². The lowest BCUT2D eigenvalue weighted by atomic mass is 9.62. The molecular formula is C36H28Cl2N2O4. The third kappa shape index (κ3) is 4.20. The van der Waals surface area contributed by atoms with Gasteiger partial charge in [-0.3, -0.25) is 14.4 Å². The van der Waals surface area contributed by atoms with Gasteiger partial charge in [-0.2, -0.15) is 0 Å². The van der Waals surface area contributed by atoms with Crippen LogP contribution in [0.3, 0.4) is 0 Å². The van der Waals surface area contributed by atoms with Gasteiger partial charge in [0.15, 0.2) is 11.6 Å². The molecule has 3 aliphatic heterocycles. The maximum atomic E-state index is 15.0. The van der Waals surface area contributed by atoms with Crippen LogP contribution >= 0.6 is 23.2 Å². The molecule has 1 saturated heterocycles. The van der Waals surface area contributed by atoms with Crippen LogP contribution in [0.25, 0.3) is 6.08 Å². The Bertz CT molecular complexity index is 1870. The third-order valence-corrected chi connectivity index (χ3v) is 9.38. The predicted molar refractivity (Wildman–Crippen MR) is 171 cm³/mol. The van der Waals surface area contributed by atoms with Gasteiger partial charge in [-0.15, -0.1) is 0 Å². The van der Waals surface area contributed by atoms with E-state index < -0.39 is 23.4 Å². The minimum Gasteiger partial charge on any atom is -0.491 e. The van der Waals surface area contributed by atoms with Crippen molar-refractivity contribution in [2.75, 3.05) is 5.32 Å². The summed E-state index contributed by atoms with van der Waals surface area (Å²) in [6, 6.07) is 25.1. The Morgan fingerprint density at radius 1 is 0.909 bits per heavy atom. The highest BCUT2D eigenvalue weighted by Gasteiger charge is 2.70. The number of halogens is 2. The van der Waals surface area contributed by atoms with E-state index in [1.165, 1.54) is 6.07 Å². The van der Waals surface area contributed by atoms with E-state index in [0.29, 0.717) is 27.6 Å². The molecule has 220 valence electrons. The van der Waals surface area contributed by atoms with Crippen molar-refractivity contribution in [2.24, 2.45) is 5.92 Å². The number of Topliss-reactive ketones (excluding diaryl/α,β-unsaturated/α-hetero) is 2. The summed E-state index contributed by atoms with van der Waals surface area (Å²) < 4.78 is 5.82. The van der Waals surface area contributed by atoms with Gasteiger partial charge in [-0.05, 0) is 85.1 Å². The minimum absolute atomic E-state index is 0.0396. The summed E-state index contributed by atoms with van der Waals surface area (Å²) in [5.41, 5.74) is 2.26. The summed E-state index contributed by atoms with van der Waals surface area (Å²) >= 11 is 12.8. The monoisotopic (exact) mass is 622 g/mol. The Kier molecular flexibility index (Phi) is 6.87. The molecule has 0 aromatic heterocycles. The van der Waals surface area contributed by atoms with Crippen LogP contribution in [0.5, 0.6) is 5.75 Å². The van der Waals surface area contributed by atoms with Crippen molar-refractivity contribution in [3.8, 4) is 5.75 Å². The number of fused-ring (bicyclic) bond motifs is 6. The summed E-state index contributed by atoms with van der Waals surface area (Å²) in [6.45, 7) is 3.86. The molecule has 0 aliphatic carbocycles. The zero-order chi connectivity index (χ0) is 30.7. The Morgan fingerprint density at radius 2 is 1.64 bits per heavy atom. The van der Waals surface area contributed by atoms with Crippen molar-refractivity contribution in [1.82, 2.24) is 4.90 Å². The molecule has 44 heavy (non-hydrogen) atoms. The molecule has 4 aromatic carbocycles. The molecule has 6 nitrogen and oxygen atoms in total. The Labute approximate surface area is 265 Å². The van der Waals surface area contributed by atoms with Gasteiger partial charge in [0, 0.05) is 28.0 Å². The van der Waals surface area contributed by atoms with Gasteiger partial charge in [0.05, 0.1) is 23.1 Å². The van der Waals surface area contributed by atoms with Gasteiger partial charge < -0.3 is 15.0 Å². The maximum absolute atomic E-state index is 15.0. The first-order chi connectivity index (χ1) is 21.2. The lowest BCUT2D eigenvalue weighted by molar-refractivity contribution is -0.122. The van der Waals surface area contributed by atoms with Crippen molar-refractivity contribution in [1.29, 1.82) is 0 Å². The molecular weight excluding hydrogens is 595 g/mol. The number of benzene rings is 4. The van der Waals surface area contributed by atoms with E-state index in [1.807, 2.05) is 79.6 Å². The number of amides is 1. The fraction of sp³-hybridized carbons (Fsp3) is 0.194. The first-order valence-electron chi connectivity index (χ1n) is 14.5. The van der Waals surface area contributed by atoms with Crippen LogP contribution in [0.15, 0.2) is 97.2 Å². The topological polar surface area (TPSA) is 75.7 Å². The van der Waals surface area contributed by atoms with Crippen LogP contribution < -0.4 is 10.1 Å². The summed E-state index contributed by atoms with van der Waals surface area (Å²) in [5.74, 6) is -1.50. The van der Waals surface area contributed by atoms with E-state index in [2.05, 4.69) is 5.32 Å². The van der Waals surface area contributed by atoms with Crippen molar-refractivity contribution in [3.63, 3.8) is 0 Å². The van der Waals surface area contributed by atoms with E-state index in [9.17, 15) is 14.4 Å². The van der Waals surface area contributed by atoms with Gasteiger partial charge in [0.1, 0.15) is 17.2 Å². The average molecular weight is 624 g/mol. The molecule has 0 saturated carbocycles. The molecule has 0 unspecified atom stereocenters. The molecule has 7 rings (SSSR count). The van der Waals surface area contributed by atoms with Crippen LogP contribution in [0.2, 0.25) is 10.0 Å². The molecule has 3 heterocycles. The minimum atomic E-state index is -1.43. The van der Waals surface area contributed by atoms with Gasteiger partial charge in [0.2, 0.25) is 5.91 Å². The molecule has 1 spiro atoms. The van der Waals surface area contributed by atoms with Crippen molar-refractivity contribution >= 4 is 52.4 Å². The zero-order valence-electron chi connectivity index (χ0n) is 24.0. The second-order valence-electron chi connectivity index (χ2n) is 11.6. The largest absolute Gasteiger partial charge is 0.491 e. The van der Waals surface area contributed by atoms with E-state index >= 15 is 0 Å². The van der Waals surface area contributed by atoms with Crippen LogP contribution in [-0.4, -0.2) is 34.5 Å². The number of carbonyl (C=O) groups excluding carboxylic acids is 3. The Morgan fingerprint density at radius 3 is 2.39 bits per heavy atom. The summed E-state index contributed by atoms with van der Waals surface area (Å²) in [6.07, 6.45) is 3.72. The maximum Gasteiger partial charge on any atom is 0.238 e. The SMILES string of the molecule is CC(C)Oc1ccc(C(=O)[C@H]2[C@@H](C(=O)c3ccc(Cl)cc3Cl)N3C=Cc4ccccc4[C@@H]3[C@]23C(=O)Nc2ccccc23)cc1. The number of para-hydroxylation sites is 1. The normalized spacial score (nSPS) is 22.9. The predicted octanol–water partition coefficient (Wildman–Crippen LogP) is 7.76. The number of hydrogen-bond donors (Lipinski definition) is 1. The smallest absolute Gasteiger partial charge is 0.238 e. The van der Waals surface area contributed by atoms with Crippen LogP contribution in [0.4, 0.5) is 5.69 Å². The second kappa shape index (κ2) is 10.7. The van der Waals surface area contributed by atoms with Crippen LogP contribution in [-0.2, 0) is 10.2 Å². The molecule has 4 aromatic rings. The van der Waals surface area contributed by atoms with Crippen molar-refractivity contribution in [2.45, 2.75) is 37.5 Å². The number of ketones is 2. The second-order valence-corrected chi connectivity index (χ2v) is 12.5. The number of ether oxygens (including phenoxy) is 1. The fourth-order valence-electron chi connectivity index (χ4n) is 7.17. The summed E-state index contributed by atoms with van der Waals surface area (Å²) in [7, 11) is 0. The quantitative estimate of drug-likeness (QED) is 0.222. The Balaban J connectivity index is 1.49. The zero-order valence-corrected chi connectivity index (χ0v) is 25.5. The molecule has 3 aliphatic rings. The lowest BCUT2D eigenvalue weighted by Crippen LogP contribution is -2.49.